The first kappa shape index (κ1) is 27.9. The van der Waals surface area contributed by atoms with E-state index < -0.39 is 12.0 Å². The van der Waals surface area contributed by atoms with Gasteiger partial charge in [-0.15, -0.1) is 0 Å². The van der Waals surface area contributed by atoms with E-state index in [-0.39, 0.29) is 41.3 Å². The minimum atomic E-state index is -0.871. The van der Waals surface area contributed by atoms with Gasteiger partial charge in [-0.3, -0.25) is 4.90 Å². The highest BCUT2D eigenvalue weighted by Crippen LogP contribution is 2.42. The van der Waals surface area contributed by atoms with Crippen LogP contribution in [0.2, 0.25) is 0 Å². The lowest BCUT2D eigenvalue weighted by Crippen LogP contribution is -2.61. The van der Waals surface area contributed by atoms with Crippen LogP contribution in [0.1, 0.15) is 44.6 Å². The van der Waals surface area contributed by atoms with Crippen LogP contribution in [-0.2, 0) is 6.42 Å². The molecular weight excluding hydrogens is 567 g/mol. The first-order valence-electron chi connectivity index (χ1n) is 15.8. The molecule has 5 saturated heterocycles. The van der Waals surface area contributed by atoms with Gasteiger partial charge in [0.15, 0.2) is 0 Å². The van der Waals surface area contributed by atoms with Gasteiger partial charge >= 0.3 is 6.01 Å². The Morgan fingerprint density at radius 3 is 2.73 bits per heavy atom. The first-order valence-corrected chi connectivity index (χ1v) is 15.8. The molecule has 3 aromatic carbocycles. The molecule has 0 radical (unpaired) electrons. The molecule has 7 nitrogen and oxygen atoms in total. The van der Waals surface area contributed by atoms with Gasteiger partial charge in [0.05, 0.1) is 11.1 Å². The number of phenols is 1. The van der Waals surface area contributed by atoms with Gasteiger partial charge in [0.25, 0.3) is 0 Å². The second-order valence-electron chi connectivity index (χ2n) is 13.0. The van der Waals surface area contributed by atoms with Gasteiger partial charge in [0.1, 0.15) is 36.0 Å². The van der Waals surface area contributed by atoms with Gasteiger partial charge in [-0.05, 0) is 90.9 Å². The summed E-state index contributed by atoms with van der Waals surface area (Å²) >= 11 is 0. The monoisotopic (exact) mass is 603 g/mol. The molecule has 2 bridgehead atoms. The number of benzene rings is 3. The molecule has 0 saturated carbocycles. The van der Waals surface area contributed by atoms with Crippen LogP contribution in [0.5, 0.6) is 11.8 Å². The SMILES string of the molecule is CCc1c(F)ccc2cc(O)cc(-c3cc4nc(OC[C@@]56CCCN5C[C@H](F)C6)nc(N5C[C@@H]6CC[C@H]5CN6)c4cc3F)c12. The molecule has 6 heterocycles. The lowest BCUT2D eigenvalue weighted by Gasteiger charge is -2.46. The Kier molecular flexibility index (Phi) is 6.64. The zero-order valence-electron chi connectivity index (χ0n) is 24.8. The molecule has 4 atom stereocenters. The van der Waals surface area contributed by atoms with Crippen molar-refractivity contribution in [1.82, 2.24) is 20.2 Å². The van der Waals surface area contributed by atoms with Crippen LogP contribution in [0.4, 0.5) is 19.0 Å². The summed E-state index contributed by atoms with van der Waals surface area (Å²) in [4.78, 5) is 14.1. The summed E-state index contributed by atoms with van der Waals surface area (Å²) in [6.45, 7) is 5.00. The van der Waals surface area contributed by atoms with Crippen LogP contribution in [0.15, 0.2) is 36.4 Å². The number of phenolic OH excluding ortho intramolecular Hbond substituents is 1. The highest BCUT2D eigenvalue weighted by atomic mass is 19.1. The van der Waals surface area contributed by atoms with Gasteiger partial charge in [0, 0.05) is 49.1 Å². The normalized spacial score (nSPS) is 26.6. The molecule has 230 valence electrons. The number of anilines is 1. The Balaban J connectivity index is 1.28. The minimum absolute atomic E-state index is 0.0343. The van der Waals surface area contributed by atoms with Crippen molar-refractivity contribution >= 4 is 27.5 Å². The van der Waals surface area contributed by atoms with E-state index in [1.165, 1.54) is 18.2 Å². The average molecular weight is 604 g/mol. The van der Waals surface area contributed by atoms with Gasteiger partial charge in [-0.2, -0.15) is 9.97 Å². The number of aromatic nitrogens is 2. The standard InChI is InChI=1S/C34H36F3N5O2/c1-2-24-28(36)7-4-19-10-23(43)11-26(31(19)24)25-13-30-27(12-29(25)37)32(42-17-21-5-6-22(42)15-38-21)40-33(39-30)44-18-34-8-3-9-41(34)16-20(35)14-34/h4,7,10-13,20-22,38,43H,2-3,5-6,8-9,14-18H2,1H3/t20-,21+,22+,34+/m1/s1. The third kappa shape index (κ3) is 4.48. The number of halogens is 3. The Bertz CT molecular complexity index is 1780. The number of nitrogens with one attached hydrogen (secondary N) is 1. The molecule has 5 aliphatic rings. The fraction of sp³-hybridized carbons (Fsp3) is 0.471. The highest BCUT2D eigenvalue weighted by Gasteiger charge is 2.49. The number of hydrogen-bond donors (Lipinski definition) is 2. The molecule has 4 aromatic rings. The van der Waals surface area contributed by atoms with E-state index in [9.17, 15) is 13.9 Å². The second kappa shape index (κ2) is 10.5. The van der Waals surface area contributed by atoms with Gasteiger partial charge in [-0.1, -0.05) is 13.0 Å². The molecule has 1 aromatic heterocycles. The molecule has 0 spiro atoms. The number of piperidine rings is 2. The van der Waals surface area contributed by atoms with E-state index >= 15 is 4.39 Å². The number of alkyl halides is 1. The Morgan fingerprint density at radius 1 is 1.07 bits per heavy atom. The van der Waals surface area contributed by atoms with Crippen LogP contribution in [-0.4, -0.2) is 76.6 Å². The maximum Gasteiger partial charge on any atom is 0.319 e. The molecule has 0 amide bonds. The van der Waals surface area contributed by atoms with E-state index in [2.05, 4.69) is 15.1 Å². The van der Waals surface area contributed by atoms with Crippen molar-refractivity contribution in [2.45, 2.75) is 69.2 Å². The van der Waals surface area contributed by atoms with Gasteiger partial charge in [0.2, 0.25) is 0 Å². The Labute approximate surface area is 254 Å². The van der Waals surface area contributed by atoms with E-state index in [0.717, 1.165) is 45.3 Å². The molecule has 9 rings (SSSR count). The van der Waals surface area contributed by atoms with Gasteiger partial charge < -0.3 is 20.1 Å². The number of rotatable bonds is 6. The molecule has 2 N–H and O–H groups in total. The van der Waals surface area contributed by atoms with Crippen LogP contribution in [0.25, 0.3) is 32.8 Å². The quantitative estimate of drug-likeness (QED) is 0.285. The summed E-state index contributed by atoms with van der Waals surface area (Å²) in [5, 5.41) is 15.9. The molecule has 0 aliphatic carbocycles. The second-order valence-corrected chi connectivity index (χ2v) is 13.0. The fourth-order valence-corrected chi connectivity index (χ4v) is 8.28. The first-order chi connectivity index (χ1) is 21.3. The van der Waals surface area contributed by atoms with Crippen molar-refractivity contribution in [3.05, 3.63) is 53.6 Å². The van der Waals surface area contributed by atoms with Gasteiger partial charge in [-0.25, -0.2) is 13.2 Å². The maximum atomic E-state index is 16.2. The third-order valence-corrected chi connectivity index (χ3v) is 10.4. The Hall–Kier alpha value is -3.63. The van der Waals surface area contributed by atoms with E-state index in [1.54, 1.807) is 18.2 Å². The molecule has 10 heteroatoms. The lowest BCUT2D eigenvalue weighted by atomic mass is 9.91. The largest absolute Gasteiger partial charge is 0.508 e. The number of hydrogen-bond acceptors (Lipinski definition) is 7. The van der Waals surface area contributed by atoms with E-state index in [4.69, 9.17) is 14.7 Å². The van der Waals surface area contributed by atoms with Crippen molar-refractivity contribution in [2.75, 3.05) is 37.7 Å². The van der Waals surface area contributed by atoms with Crippen LogP contribution >= 0.6 is 0 Å². The predicted molar refractivity (Wildman–Crippen MR) is 164 cm³/mol. The van der Waals surface area contributed by atoms with Crippen molar-refractivity contribution in [3.8, 4) is 22.9 Å². The molecule has 44 heavy (non-hydrogen) atoms. The lowest BCUT2D eigenvalue weighted by molar-refractivity contribution is 0.107. The Morgan fingerprint density at radius 2 is 1.95 bits per heavy atom. The number of nitrogens with zero attached hydrogens (tertiary/aromatic N) is 4. The molecular formula is C34H36F3N5O2. The van der Waals surface area contributed by atoms with E-state index in [0.29, 0.717) is 64.0 Å². The van der Waals surface area contributed by atoms with Crippen molar-refractivity contribution in [3.63, 3.8) is 0 Å². The zero-order chi connectivity index (χ0) is 30.2. The van der Waals surface area contributed by atoms with Crippen LogP contribution in [0, 0.1) is 11.6 Å². The van der Waals surface area contributed by atoms with E-state index in [1.807, 2.05) is 6.92 Å². The number of piperazine rings is 1. The predicted octanol–water partition coefficient (Wildman–Crippen LogP) is 5.89. The fourth-order valence-electron chi connectivity index (χ4n) is 8.28. The molecule has 5 aliphatic heterocycles. The number of fused-ring (bicyclic) bond motifs is 6. The third-order valence-electron chi connectivity index (χ3n) is 10.4. The topological polar surface area (TPSA) is 73.8 Å². The summed E-state index contributed by atoms with van der Waals surface area (Å²) in [5.74, 6) is -0.281. The molecule has 5 fully saturated rings. The summed E-state index contributed by atoms with van der Waals surface area (Å²) < 4.78 is 52.0. The zero-order valence-corrected chi connectivity index (χ0v) is 24.8. The summed E-state index contributed by atoms with van der Waals surface area (Å²) in [7, 11) is 0. The van der Waals surface area contributed by atoms with Crippen molar-refractivity contribution < 1.29 is 23.0 Å². The number of aryl methyl sites for hydroxylation is 1. The minimum Gasteiger partial charge on any atom is -0.508 e. The summed E-state index contributed by atoms with van der Waals surface area (Å²) in [6.07, 6.45) is 3.93. The summed E-state index contributed by atoms with van der Waals surface area (Å²) in [5.41, 5.74) is 1.22. The van der Waals surface area contributed by atoms with Crippen LogP contribution in [0.3, 0.4) is 0 Å². The highest BCUT2D eigenvalue weighted by molar-refractivity contribution is 6.03. The number of ether oxygens (including phenoxy) is 1. The summed E-state index contributed by atoms with van der Waals surface area (Å²) in [6, 6.07) is 9.89. The van der Waals surface area contributed by atoms with Crippen LogP contribution < -0.4 is 15.0 Å². The average Bonchev–Trinajstić information content (AvgIpc) is 3.55. The van der Waals surface area contributed by atoms with Crippen molar-refractivity contribution in [1.29, 1.82) is 0 Å². The maximum absolute atomic E-state index is 16.2. The molecule has 0 unspecified atom stereocenters. The number of aromatic hydroxyl groups is 1. The smallest absolute Gasteiger partial charge is 0.319 e. The van der Waals surface area contributed by atoms with Crippen molar-refractivity contribution in [2.24, 2.45) is 0 Å².